The molecule has 0 aliphatic carbocycles. The molecule has 2 aromatic rings. The second-order valence-corrected chi connectivity index (χ2v) is 6.93. The summed E-state index contributed by atoms with van der Waals surface area (Å²) in [4.78, 5) is 14.6. The first-order valence-corrected chi connectivity index (χ1v) is 8.92. The van der Waals surface area contributed by atoms with Crippen molar-refractivity contribution in [2.45, 2.75) is 31.8 Å². The van der Waals surface area contributed by atoms with E-state index in [-0.39, 0.29) is 23.9 Å². The maximum atomic E-state index is 12.4. The van der Waals surface area contributed by atoms with Crippen molar-refractivity contribution in [2.75, 3.05) is 31.2 Å². The maximum absolute atomic E-state index is 12.4. The number of nitrogens with zero attached hydrogens (tertiary/aromatic N) is 3. The molecule has 3 atom stereocenters. The molecule has 132 valence electrons. The van der Waals surface area contributed by atoms with Gasteiger partial charge in [-0.05, 0) is 12.5 Å². The summed E-state index contributed by atoms with van der Waals surface area (Å²) < 4.78 is 7.44. The lowest BCUT2D eigenvalue weighted by molar-refractivity contribution is 0.0903. The first-order valence-electron chi connectivity index (χ1n) is 8.92. The Hall–Kier alpha value is -2.34. The van der Waals surface area contributed by atoms with Gasteiger partial charge < -0.3 is 15.0 Å². The van der Waals surface area contributed by atoms with Crippen molar-refractivity contribution in [3.05, 3.63) is 47.7 Å². The van der Waals surface area contributed by atoms with Crippen LogP contribution in [0.15, 0.2) is 36.4 Å². The highest BCUT2D eigenvalue weighted by atomic mass is 16.5. The van der Waals surface area contributed by atoms with Crippen molar-refractivity contribution in [1.29, 1.82) is 0 Å². The maximum Gasteiger partial charge on any atom is 0.269 e. The average molecular weight is 340 g/mol. The molecule has 1 aromatic heterocycles. The number of carbonyl (C=O) groups excluding carboxylic acids is 1. The molecule has 0 spiro atoms. The largest absolute Gasteiger partial charge is 0.377 e. The molecule has 25 heavy (non-hydrogen) atoms. The Balaban J connectivity index is 1.68. The van der Waals surface area contributed by atoms with E-state index in [1.807, 2.05) is 16.8 Å². The number of hydrogen-bond donors (Lipinski definition) is 1. The van der Waals surface area contributed by atoms with Crippen LogP contribution in [0.1, 0.15) is 41.9 Å². The normalized spacial score (nSPS) is 24.6. The predicted octanol–water partition coefficient (Wildman–Crippen LogP) is 2.20. The van der Waals surface area contributed by atoms with Gasteiger partial charge in [-0.25, -0.2) is 0 Å². The fourth-order valence-corrected chi connectivity index (χ4v) is 3.75. The van der Waals surface area contributed by atoms with Gasteiger partial charge in [0.25, 0.3) is 5.91 Å². The molecule has 0 saturated carbocycles. The SMILES string of the molecule is C[C@@H]1COCCN1c1cc2n(n1)[C@@H]([C@@H](C)c1ccccc1)CNC2=O. The number of benzene rings is 1. The van der Waals surface area contributed by atoms with E-state index in [9.17, 15) is 4.79 Å². The minimum atomic E-state index is -0.0452. The van der Waals surface area contributed by atoms with E-state index in [1.165, 1.54) is 5.56 Å². The third kappa shape index (κ3) is 2.91. The number of aromatic nitrogens is 2. The molecule has 1 aromatic carbocycles. The van der Waals surface area contributed by atoms with Crippen molar-refractivity contribution >= 4 is 11.7 Å². The van der Waals surface area contributed by atoms with Gasteiger partial charge in [0.05, 0.1) is 25.3 Å². The van der Waals surface area contributed by atoms with Gasteiger partial charge in [-0.2, -0.15) is 5.10 Å². The molecule has 1 saturated heterocycles. The molecule has 2 aliphatic rings. The number of morpholine rings is 1. The number of hydrogen-bond acceptors (Lipinski definition) is 4. The molecule has 6 heteroatoms. The van der Waals surface area contributed by atoms with Crippen molar-refractivity contribution in [1.82, 2.24) is 15.1 Å². The van der Waals surface area contributed by atoms with Gasteiger partial charge in [0.15, 0.2) is 5.82 Å². The number of fused-ring (bicyclic) bond motifs is 1. The summed E-state index contributed by atoms with van der Waals surface area (Å²) in [7, 11) is 0. The van der Waals surface area contributed by atoms with Gasteiger partial charge >= 0.3 is 0 Å². The second-order valence-electron chi connectivity index (χ2n) is 6.93. The molecule has 0 bridgehead atoms. The van der Waals surface area contributed by atoms with Crippen LogP contribution in [0.5, 0.6) is 0 Å². The molecule has 1 amide bonds. The Bertz CT molecular complexity index is 758. The van der Waals surface area contributed by atoms with E-state index in [2.05, 4.69) is 48.3 Å². The van der Waals surface area contributed by atoms with Crippen LogP contribution in [0.4, 0.5) is 5.82 Å². The Morgan fingerprint density at radius 3 is 2.88 bits per heavy atom. The zero-order valence-electron chi connectivity index (χ0n) is 14.7. The summed E-state index contributed by atoms with van der Waals surface area (Å²) in [6, 6.07) is 12.7. The summed E-state index contributed by atoms with van der Waals surface area (Å²) >= 11 is 0. The van der Waals surface area contributed by atoms with E-state index in [0.717, 1.165) is 12.4 Å². The summed E-state index contributed by atoms with van der Waals surface area (Å²) in [5.74, 6) is 1.08. The van der Waals surface area contributed by atoms with Gasteiger partial charge in [-0.3, -0.25) is 9.48 Å². The van der Waals surface area contributed by atoms with Crippen LogP contribution in [-0.4, -0.2) is 48.0 Å². The van der Waals surface area contributed by atoms with Crippen molar-refractivity contribution in [3.63, 3.8) is 0 Å². The average Bonchev–Trinajstić information content (AvgIpc) is 3.08. The zero-order chi connectivity index (χ0) is 17.4. The third-order valence-corrected chi connectivity index (χ3v) is 5.31. The van der Waals surface area contributed by atoms with E-state index in [1.54, 1.807) is 0 Å². The van der Waals surface area contributed by atoms with Gasteiger partial charge in [0.2, 0.25) is 0 Å². The third-order valence-electron chi connectivity index (χ3n) is 5.31. The first-order chi connectivity index (χ1) is 12.1. The van der Waals surface area contributed by atoms with Crippen molar-refractivity contribution in [2.24, 2.45) is 0 Å². The highest BCUT2D eigenvalue weighted by Gasteiger charge is 2.33. The number of anilines is 1. The number of nitrogens with one attached hydrogen (secondary N) is 1. The van der Waals surface area contributed by atoms with E-state index in [0.29, 0.717) is 25.5 Å². The van der Waals surface area contributed by atoms with Crippen molar-refractivity contribution < 1.29 is 9.53 Å². The molecule has 1 fully saturated rings. The van der Waals surface area contributed by atoms with Crippen LogP contribution in [0.2, 0.25) is 0 Å². The highest BCUT2D eigenvalue weighted by molar-refractivity contribution is 5.94. The quantitative estimate of drug-likeness (QED) is 0.931. The Morgan fingerprint density at radius 1 is 1.32 bits per heavy atom. The fourth-order valence-electron chi connectivity index (χ4n) is 3.75. The highest BCUT2D eigenvalue weighted by Crippen LogP contribution is 2.32. The van der Waals surface area contributed by atoms with Crippen LogP contribution in [0, 0.1) is 0 Å². The van der Waals surface area contributed by atoms with Gasteiger partial charge in [-0.15, -0.1) is 0 Å². The second kappa shape index (κ2) is 6.52. The number of rotatable bonds is 3. The molecule has 0 unspecified atom stereocenters. The Morgan fingerprint density at radius 2 is 2.12 bits per heavy atom. The molecule has 6 nitrogen and oxygen atoms in total. The summed E-state index contributed by atoms with van der Waals surface area (Å²) in [5, 5.41) is 7.85. The molecular weight excluding hydrogens is 316 g/mol. The molecule has 3 heterocycles. The van der Waals surface area contributed by atoms with E-state index < -0.39 is 0 Å². The molecule has 2 aliphatic heterocycles. The minimum Gasteiger partial charge on any atom is -0.377 e. The lowest BCUT2D eigenvalue weighted by Crippen LogP contribution is -2.44. The van der Waals surface area contributed by atoms with Crippen LogP contribution < -0.4 is 10.2 Å². The smallest absolute Gasteiger partial charge is 0.269 e. The lowest BCUT2D eigenvalue weighted by atomic mass is 9.92. The zero-order valence-corrected chi connectivity index (χ0v) is 14.7. The lowest BCUT2D eigenvalue weighted by Gasteiger charge is -2.33. The monoisotopic (exact) mass is 340 g/mol. The van der Waals surface area contributed by atoms with E-state index in [4.69, 9.17) is 9.84 Å². The van der Waals surface area contributed by atoms with Gasteiger partial charge in [0, 0.05) is 25.1 Å². The predicted molar refractivity (Wildman–Crippen MR) is 96.1 cm³/mol. The molecule has 1 N–H and O–H groups in total. The first kappa shape index (κ1) is 16.1. The van der Waals surface area contributed by atoms with Crippen molar-refractivity contribution in [3.8, 4) is 0 Å². The molecule has 4 rings (SSSR count). The topological polar surface area (TPSA) is 59.4 Å². The van der Waals surface area contributed by atoms with Crippen LogP contribution >= 0.6 is 0 Å². The van der Waals surface area contributed by atoms with Crippen LogP contribution in [0.25, 0.3) is 0 Å². The van der Waals surface area contributed by atoms with Gasteiger partial charge in [0.1, 0.15) is 5.69 Å². The number of ether oxygens (including phenoxy) is 1. The number of carbonyl (C=O) groups is 1. The summed E-state index contributed by atoms with van der Waals surface area (Å²) in [6.07, 6.45) is 0. The summed E-state index contributed by atoms with van der Waals surface area (Å²) in [6.45, 7) is 7.11. The molecule has 0 radical (unpaired) electrons. The van der Waals surface area contributed by atoms with E-state index >= 15 is 0 Å². The van der Waals surface area contributed by atoms with Crippen LogP contribution in [0.3, 0.4) is 0 Å². The fraction of sp³-hybridized carbons (Fsp3) is 0.474. The number of amides is 1. The minimum absolute atomic E-state index is 0.0452. The molecular formula is C19H24N4O2. The Labute approximate surface area is 147 Å². The van der Waals surface area contributed by atoms with Crippen LogP contribution in [-0.2, 0) is 4.74 Å². The Kier molecular flexibility index (Phi) is 4.21. The standard InChI is InChI=1S/C19H24N4O2/c1-13-12-25-9-8-22(13)18-10-16-19(24)20-11-17(23(16)21-18)14(2)15-6-4-3-5-7-15/h3-7,10,13-14,17H,8-9,11-12H2,1-2H3,(H,20,24)/t13-,14+,17-/m1/s1. The summed E-state index contributed by atoms with van der Waals surface area (Å²) in [5.41, 5.74) is 1.90. The van der Waals surface area contributed by atoms with Gasteiger partial charge in [-0.1, -0.05) is 37.3 Å².